The van der Waals surface area contributed by atoms with Gasteiger partial charge in [0.15, 0.2) is 0 Å². The van der Waals surface area contributed by atoms with Crippen molar-refractivity contribution in [3.05, 3.63) is 24.3 Å². The fraction of sp³-hybridized carbons (Fsp3) is 0.849. The first-order chi connectivity index (χ1) is 30.8. The first kappa shape index (κ1) is 60.4. The van der Waals surface area contributed by atoms with Crippen molar-refractivity contribution < 1.29 is 24.3 Å². The number of hydrogen-bond acceptors (Lipinski definition) is 7. The van der Waals surface area contributed by atoms with Gasteiger partial charge < -0.3 is 32.1 Å². The number of aliphatic hydroxyl groups excluding tert-OH is 1. The first-order valence-corrected chi connectivity index (χ1v) is 26.5. The third-order valence-corrected chi connectivity index (χ3v) is 12.1. The number of carbonyl (C=O) groups excluding carboxylic acids is 4. The molecule has 368 valence electrons. The van der Waals surface area contributed by atoms with Crippen LogP contribution in [0.5, 0.6) is 0 Å². The van der Waals surface area contributed by atoms with E-state index in [4.69, 9.17) is 11.5 Å². The monoisotopic (exact) mass is 888 g/mol. The summed E-state index contributed by atoms with van der Waals surface area (Å²) in [4.78, 5) is 53.3. The highest BCUT2D eigenvalue weighted by Gasteiger charge is 2.28. The van der Waals surface area contributed by atoms with Gasteiger partial charge >= 0.3 is 0 Å². The van der Waals surface area contributed by atoms with Crippen LogP contribution in [0.4, 0.5) is 0 Å². The van der Waals surface area contributed by atoms with Gasteiger partial charge in [-0.25, -0.2) is 0 Å². The lowest BCUT2D eigenvalue weighted by Gasteiger charge is -2.27. The fourth-order valence-electron chi connectivity index (χ4n) is 7.93. The van der Waals surface area contributed by atoms with E-state index in [1.54, 1.807) is 4.90 Å². The molecule has 0 rings (SSSR count). The van der Waals surface area contributed by atoms with Gasteiger partial charge in [-0.2, -0.15) is 0 Å². The molecule has 0 fully saturated rings. The average molecular weight is 888 g/mol. The van der Waals surface area contributed by atoms with Crippen LogP contribution in [0, 0.1) is 5.92 Å². The molecule has 0 aromatic rings. The van der Waals surface area contributed by atoms with Crippen LogP contribution < -0.4 is 22.1 Å². The first-order valence-electron chi connectivity index (χ1n) is 26.5. The molecule has 0 aliphatic rings. The topological polar surface area (TPSA) is 168 Å². The number of unbranched alkanes of at least 4 members (excludes halogenated alkanes) is 24. The van der Waals surface area contributed by atoms with Crippen LogP contribution in [0.1, 0.15) is 239 Å². The summed E-state index contributed by atoms with van der Waals surface area (Å²) in [5, 5.41) is 16.2. The van der Waals surface area contributed by atoms with Crippen LogP contribution in [-0.2, 0) is 19.2 Å². The van der Waals surface area contributed by atoms with Gasteiger partial charge in [0, 0.05) is 45.4 Å². The SMILES string of the molecule is CCCCCCCC/C=C\CCCCCCCC(=O)NCCCCN(CCCNC(=O)CCCCCCC/C=C\CCCCCCCC)C(=O)[C@H](CO)CC(=O)[C@H](N)CCCCN. The summed E-state index contributed by atoms with van der Waals surface area (Å²) >= 11 is 0. The number of nitrogens with zero attached hydrogens (tertiary/aromatic N) is 1. The van der Waals surface area contributed by atoms with Crippen molar-refractivity contribution in [3.63, 3.8) is 0 Å². The zero-order valence-electron chi connectivity index (χ0n) is 41.1. The number of amides is 3. The number of allylic oxidation sites excluding steroid dienone is 4. The molecule has 0 aliphatic carbocycles. The smallest absolute Gasteiger partial charge is 0.228 e. The molecule has 0 aromatic heterocycles. The Balaban J connectivity index is 4.51. The van der Waals surface area contributed by atoms with Crippen LogP contribution in [0.25, 0.3) is 0 Å². The molecule has 0 radical (unpaired) electrons. The van der Waals surface area contributed by atoms with E-state index in [9.17, 15) is 24.3 Å². The zero-order valence-corrected chi connectivity index (χ0v) is 41.1. The van der Waals surface area contributed by atoms with Crippen LogP contribution >= 0.6 is 0 Å². The number of Topliss-reactive ketones (excluding diaryl/α,β-unsaturated/α-hetero) is 1. The average Bonchev–Trinajstić information content (AvgIpc) is 3.28. The van der Waals surface area contributed by atoms with Gasteiger partial charge in [-0.3, -0.25) is 19.2 Å². The van der Waals surface area contributed by atoms with E-state index in [2.05, 4.69) is 48.8 Å². The second-order valence-electron chi connectivity index (χ2n) is 18.2. The molecule has 0 heterocycles. The van der Waals surface area contributed by atoms with Gasteiger partial charge in [0.2, 0.25) is 17.7 Å². The quantitative estimate of drug-likeness (QED) is 0.0299. The molecular weight excluding hydrogens is 787 g/mol. The minimum atomic E-state index is -0.861. The predicted molar refractivity (Wildman–Crippen MR) is 266 cm³/mol. The minimum Gasteiger partial charge on any atom is -0.396 e. The summed E-state index contributed by atoms with van der Waals surface area (Å²) in [6.45, 7) is 6.46. The Hall–Kier alpha value is -2.56. The highest BCUT2D eigenvalue weighted by molar-refractivity contribution is 5.89. The Morgan fingerprint density at radius 3 is 1.38 bits per heavy atom. The summed E-state index contributed by atoms with van der Waals surface area (Å²) in [5.41, 5.74) is 11.7. The van der Waals surface area contributed by atoms with Crippen molar-refractivity contribution in [2.75, 3.05) is 39.3 Å². The second-order valence-corrected chi connectivity index (χ2v) is 18.2. The van der Waals surface area contributed by atoms with Gasteiger partial charge in [0.05, 0.1) is 18.6 Å². The predicted octanol–water partition coefficient (Wildman–Crippen LogP) is 11.3. The summed E-state index contributed by atoms with van der Waals surface area (Å²) < 4.78 is 0. The van der Waals surface area contributed by atoms with E-state index < -0.39 is 18.6 Å². The Labute approximate surface area is 387 Å². The van der Waals surface area contributed by atoms with E-state index in [-0.39, 0.29) is 29.9 Å². The molecular formula is C53H101N5O5. The highest BCUT2D eigenvalue weighted by Crippen LogP contribution is 2.15. The van der Waals surface area contributed by atoms with Crippen LogP contribution in [0.15, 0.2) is 24.3 Å². The van der Waals surface area contributed by atoms with Gasteiger partial charge in [-0.15, -0.1) is 0 Å². The van der Waals surface area contributed by atoms with Crippen LogP contribution in [0.2, 0.25) is 0 Å². The number of carbonyl (C=O) groups is 4. The number of hydrogen-bond donors (Lipinski definition) is 5. The molecule has 0 spiro atoms. The molecule has 63 heavy (non-hydrogen) atoms. The van der Waals surface area contributed by atoms with E-state index in [0.717, 1.165) is 64.2 Å². The highest BCUT2D eigenvalue weighted by atomic mass is 16.3. The Kier molecular flexibility index (Phi) is 45.5. The third-order valence-electron chi connectivity index (χ3n) is 12.1. The van der Waals surface area contributed by atoms with Crippen LogP contribution in [0.3, 0.4) is 0 Å². The Morgan fingerprint density at radius 2 is 0.937 bits per heavy atom. The van der Waals surface area contributed by atoms with Gasteiger partial charge in [-0.05, 0) is 103 Å². The Bertz CT molecular complexity index is 1130. The maximum absolute atomic E-state index is 13.7. The molecule has 0 saturated carbocycles. The number of aliphatic hydroxyl groups is 1. The van der Waals surface area contributed by atoms with Crippen molar-refractivity contribution in [1.29, 1.82) is 0 Å². The second kappa shape index (κ2) is 47.4. The molecule has 10 nitrogen and oxygen atoms in total. The van der Waals surface area contributed by atoms with Crippen molar-refractivity contribution in [3.8, 4) is 0 Å². The molecule has 10 heteroatoms. The van der Waals surface area contributed by atoms with Gasteiger partial charge in [-0.1, -0.05) is 147 Å². The Morgan fingerprint density at radius 1 is 0.524 bits per heavy atom. The number of rotatable bonds is 48. The van der Waals surface area contributed by atoms with E-state index in [1.807, 2.05) is 0 Å². The standard InChI is InChI=1S/C53H101N5O5/c1-3-5-7-9-11-13-15-17-19-21-23-25-27-29-31-39-51(61)56-42-35-36-44-58(53(63)48(47-59)46-50(60)49(55)38-33-34-41-54)45-37-43-57-52(62)40-32-30-28-26-24-22-20-18-16-14-12-10-8-6-4-2/h17-20,48-49,59H,3-16,21-47,54-55H2,1-2H3,(H,56,61)(H,57,62)/b19-17-,20-18-/t48-,49+/m0/s1. The molecule has 0 aliphatic heterocycles. The van der Waals surface area contributed by atoms with E-state index >= 15 is 0 Å². The van der Waals surface area contributed by atoms with Gasteiger partial charge in [0.1, 0.15) is 5.78 Å². The zero-order chi connectivity index (χ0) is 46.3. The molecule has 2 atom stereocenters. The normalized spacial score (nSPS) is 12.6. The lowest BCUT2D eigenvalue weighted by molar-refractivity contribution is -0.139. The van der Waals surface area contributed by atoms with E-state index in [1.165, 1.54) is 116 Å². The molecule has 3 amide bonds. The number of ketones is 1. The molecule has 0 unspecified atom stereocenters. The van der Waals surface area contributed by atoms with Gasteiger partial charge in [0.25, 0.3) is 0 Å². The summed E-state index contributed by atoms with van der Waals surface area (Å²) in [6, 6.07) is -0.681. The molecule has 0 bridgehead atoms. The van der Waals surface area contributed by atoms with Crippen molar-refractivity contribution in [2.45, 2.75) is 245 Å². The lowest BCUT2D eigenvalue weighted by Crippen LogP contribution is -2.42. The summed E-state index contributed by atoms with van der Waals surface area (Å²) in [7, 11) is 0. The maximum atomic E-state index is 13.7. The molecule has 0 saturated heterocycles. The number of nitrogens with one attached hydrogen (secondary N) is 2. The largest absolute Gasteiger partial charge is 0.396 e. The lowest BCUT2D eigenvalue weighted by atomic mass is 9.95. The molecule has 0 aromatic carbocycles. The minimum absolute atomic E-state index is 0.0328. The van der Waals surface area contributed by atoms with Crippen molar-refractivity contribution >= 4 is 23.5 Å². The van der Waals surface area contributed by atoms with Crippen molar-refractivity contribution in [2.24, 2.45) is 17.4 Å². The summed E-state index contributed by atoms with van der Waals surface area (Å²) in [6.07, 6.45) is 46.1. The fourth-order valence-corrected chi connectivity index (χ4v) is 7.93. The molecule has 7 N–H and O–H groups in total. The maximum Gasteiger partial charge on any atom is 0.228 e. The number of nitrogens with two attached hydrogens (primary N) is 2. The third kappa shape index (κ3) is 40.7. The van der Waals surface area contributed by atoms with E-state index in [0.29, 0.717) is 71.2 Å². The van der Waals surface area contributed by atoms with Crippen molar-refractivity contribution in [1.82, 2.24) is 15.5 Å². The summed E-state index contributed by atoms with van der Waals surface area (Å²) in [5.74, 6) is -1.26. The van der Waals surface area contributed by atoms with Crippen LogP contribution in [-0.4, -0.2) is 78.9 Å².